The van der Waals surface area contributed by atoms with E-state index < -0.39 is 0 Å². The fourth-order valence-electron chi connectivity index (χ4n) is 1.20. The van der Waals surface area contributed by atoms with Crippen molar-refractivity contribution in [1.82, 2.24) is 0 Å². The van der Waals surface area contributed by atoms with Crippen molar-refractivity contribution in [3.8, 4) is 0 Å². The first-order chi connectivity index (χ1) is 5.11. The van der Waals surface area contributed by atoms with Gasteiger partial charge in [0, 0.05) is 0 Å². The molecule has 0 rings (SSSR count). The topological polar surface area (TPSA) is 0 Å². The maximum absolute atomic E-state index is 4.03. The average Bonchev–Trinajstić information content (AvgIpc) is 2.02. The Morgan fingerprint density at radius 2 is 1.73 bits per heavy atom. The number of allylic oxidation sites excluding steroid dienone is 1. The molecule has 0 spiro atoms. The Labute approximate surface area is 71.7 Å². The zero-order chi connectivity index (χ0) is 8.85. The summed E-state index contributed by atoms with van der Waals surface area (Å²) in [6.45, 7) is 13.1. The van der Waals surface area contributed by atoms with Crippen LogP contribution in [0.15, 0.2) is 12.2 Å². The minimum atomic E-state index is 0.812. The monoisotopic (exact) mass is 154 g/mol. The van der Waals surface area contributed by atoms with E-state index in [0.29, 0.717) is 0 Å². The molecule has 0 radical (unpaired) electrons. The van der Waals surface area contributed by atoms with Crippen LogP contribution < -0.4 is 0 Å². The van der Waals surface area contributed by atoms with Crippen LogP contribution in [0.1, 0.15) is 47.0 Å². The lowest BCUT2D eigenvalue weighted by molar-refractivity contribution is 0.372. The number of hydrogen-bond acceptors (Lipinski definition) is 0. The largest absolute Gasteiger partial charge is 0.0999 e. The maximum atomic E-state index is 4.03. The second-order valence-corrected chi connectivity index (χ2v) is 3.67. The van der Waals surface area contributed by atoms with Gasteiger partial charge in [-0.05, 0) is 24.7 Å². The van der Waals surface area contributed by atoms with Crippen molar-refractivity contribution in [1.29, 1.82) is 0 Å². The van der Waals surface area contributed by atoms with Gasteiger partial charge in [-0.2, -0.15) is 0 Å². The molecule has 0 saturated heterocycles. The van der Waals surface area contributed by atoms with E-state index in [0.717, 1.165) is 18.3 Å². The van der Waals surface area contributed by atoms with Crippen LogP contribution in [0.5, 0.6) is 0 Å². The van der Waals surface area contributed by atoms with Crippen molar-refractivity contribution < 1.29 is 0 Å². The van der Waals surface area contributed by atoms with E-state index in [9.17, 15) is 0 Å². The van der Waals surface area contributed by atoms with E-state index in [1.54, 1.807) is 0 Å². The molecule has 2 atom stereocenters. The summed E-state index contributed by atoms with van der Waals surface area (Å²) in [6.07, 6.45) is 3.64. The Kier molecular flexibility index (Phi) is 5.27. The molecule has 0 heterocycles. The van der Waals surface area contributed by atoms with Crippen LogP contribution in [0.3, 0.4) is 0 Å². The summed E-state index contributed by atoms with van der Waals surface area (Å²) in [5.74, 6) is 1.66. The smallest absolute Gasteiger partial charge is 0.0295 e. The summed E-state index contributed by atoms with van der Waals surface area (Å²) in [7, 11) is 0. The lowest BCUT2D eigenvalue weighted by Crippen LogP contribution is -2.07. The van der Waals surface area contributed by atoms with Gasteiger partial charge in [-0.3, -0.25) is 0 Å². The third-order valence-corrected chi connectivity index (χ3v) is 2.73. The molecule has 0 aliphatic rings. The van der Waals surface area contributed by atoms with Gasteiger partial charge in [0.25, 0.3) is 0 Å². The summed E-state index contributed by atoms with van der Waals surface area (Å²) in [5, 5.41) is 0. The highest BCUT2D eigenvalue weighted by Crippen LogP contribution is 2.22. The SMILES string of the molecule is C=C(CC)CC(C)[C@@H](C)CC. The molecule has 0 aliphatic heterocycles. The predicted octanol–water partition coefficient (Wildman–Crippen LogP) is 4.02. The molecule has 0 aromatic carbocycles. The van der Waals surface area contributed by atoms with E-state index >= 15 is 0 Å². The van der Waals surface area contributed by atoms with Crippen molar-refractivity contribution >= 4 is 0 Å². The third kappa shape index (κ3) is 4.23. The van der Waals surface area contributed by atoms with Crippen molar-refractivity contribution in [2.75, 3.05) is 0 Å². The van der Waals surface area contributed by atoms with Crippen molar-refractivity contribution in [3.63, 3.8) is 0 Å². The lowest BCUT2D eigenvalue weighted by Gasteiger charge is -2.18. The van der Waals surface area contributed by atoms with Gasteiger partial charge in [-0.25, -0.2) is 0 Å². The Bertz CT molecular complexity index is 113. The van der Waals surface area contributed by atoms with E-state index in [2.05, 4.69) is 34.3 Å². The summed E-state index contributed by atoms with van der Waals surface area (Å²) in [6, 6.07) is 0. The first-order valence-corrected chi connectivity index (χ1v) is 4.78. The fraction of sp³-hybridized carbons (Fsp3) is 0.818. The highest BCUT2D eigenvalue weighted by Gasteiger charge is 2.10. The lowest BCUT2D eigenvalue weighted by atomic mass is 9.88. The molecule has 0 amide bonds. The van der Waals surface area contributed by atoms with Crippen LogP contribution in [-0.2, 0) is 0 Å². The van der Waals surface area contributed by atoms with Gasteiger partial charge in [0.05, 0.1) is 0 Å². The normalized spacial score (nSPS) is 16.0. The molecule has 0 N–H and O–H groups in total. The molecule has 0 aromatic rings. The third-order valence-electron chi connectivity index (χ3n) is 2.73. The van der Waals surface area contributed by atoms with E-state index in [1.807, 2.05) is 0 Å². The predicted molar refractivity (Wildman–Crippen MR) is 52.7 cm³/mol. The van der Waals surface area contributed by atoms with Crippen LogP contribution >= 0.6 is 0 Å². The minimum absolute atomic E-state index is 0.812. The van der Waals surface area contributed by atoms with Crippen LogP contribution in [0, 0.1) is 11.8 Å². The van der Waals surface area contributed by atoms with Crippen molar-refractivity contribution in [2.45, 2.75) is 47.0 Å². The molecule has 0 bridgehead atoms. The zero-order valence-electron chi connectivity index (χ0n) is 8.48. The van der Waals surface area contributed by atoms with Crippen LogP contribution in [0.4, 0.5) is 0 Å². The molecular formula is C11H22. The zero-order valence-corrected chi connectivity index (χ0v) is 8.48. The van der Waals surface area contributed by atoms with Gasteiger partial charge in [-0.1, -0.05) is 46.3 Å². The van der Waals surface area contributed by atoms with Crippen LogP contribution in [-0.4, -0.2) is 0 Å². The van der Waals surface area contributed by atoms with Crippen LogP contribution in [0.2, 0.25) is 0 Å². The van der Waals surface area contributed by atoms with Gasteiger partial charge in [0.15, 0.2) is 0 Å². The Hall–Kier alpha value is -0.260. The molecule has 0 saturated carbocycles. The summed E-state index contributed by atoms with van der Waals surface area (Å²) >= 11 is 0. The highest BCUT2D eigenvalue weighted by atomic mass is 14.2. The molecule has 0 heteroatoms. The summed E-state index contributed by atoms with van der Waals surface area (Å²) < 4.78 is 0. The molecule has 1 unspecified atom stereocenters. The molecule has 66 valence electrons. The quantitative estimate of drug-likeness (QED) is 0.524. The van der Waals surface area contributed by atoms with Gasteiger partial charge in [-0.15, -0.1) is 0 Å². The first-order valence-electron chi connectivity index (χ1n) is 4.78. The Morgan fingerprint density at radius 1 is 1.18 bits per heavy atom. The molecule has 11 heavy (non-hydrogen) atoms. The molecule has 0 fully saturated rings. The average molecular weight is 154 g/mol. The molecule has 0 aliphatic carbocycles. The first kappa shape index (κ1) is 10.7. The van der Waals surface area contributed by atoms with Gasteiger partial charge < -0.3 is 0 Å². The van der Waals surface area contributed by atoms with E-state index in [-0.39, 0.29) is 0 Å². The van der Waals surface area contributed by atoms with Crippen LogP contribution in [0.25, 0.3) is 0 Å². The summed E-state index contributed by atoms with van der Waals surface area (Å²) in [4.78, 5) is 0. The second-order valence-electron chi connectivity index (χ2n) is 3.67. The Morgan fingerprint density at radius 3 is 2.09 bits per heavy atom. The summed E-state index contributed by atoms with van der Waals surface area (Å²) in [5.41, 5.74) is 1.40. The van der Waals surface area contributed by atoms with Crippen molar-refractivity contribution in [2.24, 2.45) is 11.8 Å². The maximum Gasteiger partial charge on any atom is -0.0295 e. The van der Waals surface area contributed by atoms with E-state index in [1.165, 1.54) is 18.4 Å². The second kappa shape index (κ2) is 5.40. The Balaban J connectivity index is 3.67. The standard InChI is InChI=1S/C11H22/c1-6-9(3)8-11(5)10(4)7-2/h10-11H,3,6-8H2,1-2,4-5H3/t10-,11?/m0/s1. The molecule has 0 aromatic heterocycles. The number of rotatable bonds is 5. The van der Waals surface area contributed by atoms with Gasteiger partial charge in [0.1, 0.15) is 0 Å². The molecule has 0 nitrogen and oxygen atoms in total. The number of hydrogen-bond donors (Lipinski definition) is 0. The van der Waals surface area contributed by atoms with Gasteiger partial charge in [0.2, 0.25) is 0 Å². The van der Waals surface area contributed by atoms with E-state index in [4.69, 9.17) is 0 Å². The molecular weight excluding hydrogens is 132 g/mol. The minimum Gasteiger partial charge on any atom is -0.0999 e. The fourth-order valence-corrected chi connectivity index (χ4v) is 1.20. The highest BCUT2D eigenvalue weighted by molar-refractivity contribution is 4.94. The van der Waals surface area contributed by atoms with Crippen molar-refractivity contribution in [3.05, 3.63) is 12.2 Å². The van der Waals surface area contributed by atoms with Gasteiger partial charge >= 0.3 is 0 Å².